The fourth-order valence-corrected chi connectivity index (χ4v) is 4.79. The van der Waals surface area contributed by atoms with Gasteiger partial charge in [0.15, 0.2) is 8.32 Å². The molecule has 146 valence electrons. The fraction of sp³-hybridized carbons (Fsp3) is 0.864. The van der Waals surface area contributed by atoms with E-state index in [1.165, 1.54) is 31.3 Å². The summed E-state index contributed by atoms with van der Waals surface area (Å²) in [4.78, 5) is 12.2. The molecule has 0 aliphatic heterocycles. The first-order chi connectivity index (χ1) is 11.4. The third-order valence-corrected chi connectivity index (χ3v) is 10.7. The minimum absolute atomic E-state index is 0.160. The lowest BCUT2D eigenvalue weighted by Crippen LogP contribution is -2.46. The average molecular weight is 367 g/mol. The second kappa shape index (κ2) is 9.50. The first kappa shape index (κ1) is 22.6. The van der Waals surface area contributed by atoms with Crippen molar-refractivity contribution in [3.63, 3.8) is 0 Å². The van der Waals surface area contributed by atoms with Crippen molar-refractivity contribution in [1.82, 2.24) is 0 Å². The molecule has 1 fully saturated rings. The molecule has 25 heavy (non-hydrogen) atoms. The summed E-state index contributed by atoms with van der Waals surface area (Å²) < 4.78 is 6.55. The standard InChI is InChI=1S/C22H42O2Si/c1-17(2)10-9-11-18(3)12-13-19-14-20(23)16-21(15-19)24-25(7,8)22(4,5)6/h10,18-19,21H,9,11-16H2,1-8H3/t18-,19+,21+/m1/s1. The summed E-state index contributed by atoms with van der Waals surface area (Å²) in [6.07, 6.45) is 9.85. The minimum atomic E-state index is -1.78. The fourth-order valence-electron chi connectivity index (χ4n) is 3.42. The lowest BCUT2D eigenvalue weighted by atomic mass is 9.82. The summed E-state index contributed by atoms with van der Waals surface area (Å²) in [5.41, 5.74) is 1.41. The Labute approximate surface area is 157 Å². The van der Waals surface area contributed by atoms with E-state index < -0.39 is 8.32 Å². The summed E-state index contributed by atoms with van der Waals surface area (Å²) in [6.45, 7) is 18.1. The van der Waals surface area contributed by atoms with Crippen LogP contribution in [0.4, 0.5) is 0 Å². The third-order valence-electron chi connectivity index (χ3n) is 6.12. The molecule has 0 spiro atoms. The van der Waals surface area contributed by atoms with E-state index in [0.717, 1.165) is 18.8 Å². The van der Waals surface area contributed by atoms with Gasteiger partial charge in [-0.15, -0.1) is 0 Å². The Hall–Kier alpha value is -0.413. The second-order valence-electron chi connectivity index (χ2n) is 10.1. The van der Waals surface area contributed by atoms with E-state index in [1.54, 1.807) is 0 Å². The maximum atomic E-state index is 12.2. The van der Waals surface area contributed by atoms with Crippen molar-refractivity contribution in [3.8, 4) is 0 Å². The minimum Gasteiger partial charge on any atom is -0.413 e. The number of rotatable bonds is 8. The number of ketones is 1. The topological polar surface area (TPSA) is 26.3 Å². The van der Waals surface area contributed by atoms with Crippen LogP contribution in [0.5, 0.6) is 0 Å². The van der Waals surface area contributed by atoms with Gasteiger partial charge in [0, 0.05) is 12.8 Å². The van der Waals surface area contributed by atoms with Crippen LogP contribution in [0.3, 0.4) is 0 Å². The van der Waals surface area contributed by atoms with Crippen molar-refractivity contribution in [2.75, 3.05) is 0 Å². The molecule has 3 atom stereocenters. The number of hydrogen-bond donors (Lipinski definition) is 0. The van der Waals surface area contributed by atoms with Crippen LogP contribution in [-0.2, 0) is 9.22 Å². The van der Waals surface area contributed by atoms with E-state index in [1.807, 2.05) is 0 Å². The van der Waals surface area contributed by atoms with Gasteiger partial charge in [-0.1, -0.05) is 45.8 Å². The van der Waals surface area contributed by atoms with Crippen LogP contribution < -0.4 is 0 Å². The van der Waals surface area contributed by atoms with Crippen LogP contribution in [0.2, 0.25) is 18.1 Å². The second-order valence-corrected chi connectivity index (χ2v) is 14.8. The highest BCUT2D eigenvalue weighted by atomic mass is 28.4. The zero-order valence-electron chi connectivity index (χ0n) is 18.1. The van der Waals surface area contributed by atoms with Crippen LogP contribution in [0.1, 0.15) is 86.5 Å². The van der Waals surface area contributed by atoms with E-state index in [2.05, 4.69) is 60.7 Å². The molecule has 1 aliphatic carbocycles. The highest BCUT2D eigenvalue weighted by Gasteiger charge is 2.41. The van der Waals surface area contributed by atoms with Gasteiger partial charge < -0.3 is 4.43 Å². The Bertz CT molecular complexity index is 455. The number of carbonyl (C=O) groups excluding carboxylic acids is 1. The predicted molar refractivity (Wildman–Crippen MR) is 111 cm³/mol. The summed E-state index contributed by atoms with van der Waals surface area (Å²) in [6, 6.07) is 0. The lowest BCUT2D eigenvalue weighted by molar-refractivity contribution is -0.124. The van der Waals surface area contributed by atoms with Crippen LogP contribution in [-0.4, -0.2) is 20.2 Å². The molecule has 0 N–H and O–H groups in total. The normalized spacial score (nSPS) is 23.4. The summed E-state index contributed by atoms with van der Waals surface area (Å²) in [7, 11) is -1.78. The number of hydrogen-bond acceptors (Lipinski definition) is 2. The molecule has 0 unspecified atom stereocenters. The van der Waals surface area contributed by atoms with E-state index >= 15 is 0 Å². The van der Waals surface area contributed by atoms with Crippen LogP contribution in [0.25, 0.3) is 0 Å². The number of Topliss-reactive ketones (excluding diaryl/α,β-unsaturated/α-hetero) is 1. The maximum Gasteiger partial charge on any atom is 0.192 e. The Morgan fingerprint density at radius 3 is 2.44 bits per heavy atom. The Morgan fingerprint density at radius 2 is 1.88 bits per heavy atom. The van der Waals surface area contributed by atoms with Crippen molar-refractivity contribution in [3.05, 3.63) is 11.6 Å². The molecule has 0 aromatic heterocycles. The summed E-state index contributed by atoms with van der Waals surface area (Å²) in [5, 5.41) is 0.211. The Morgan fingerprint density at radius 1 is 1.24 bits per heavy atom. The van der Waals surface area contributed by atoms with Crippen LogP contribution >= 0.6 is 0 Å². The number of carbonyl (C=O) groups is 1. The Balaban J connectivity index is 2.48. The zero-order chi connectivity index (χ0) is 19.3. The molecule has 1 aliphatic rings. The molecule has 0 bridgehead atoms. The van der Waals surface area contributed by atoms with Gasteiger partial charge in [-0.2, -0.15) is 0 Å². The molecule has 2 nitrogen and oxygen atoms in total. The molecular weight excluding hydrogens is 324 g/mol. The van der Waals surface area contributed by atoms with Gasteiger partial charge in [-0.25, -0.2) is 0 Å². The highest BCUT2D eigenvalue weighted by Crippen LogP contribution is 2.40. The van der Waals surface area contributed by atoms with Crippen LogP contribution in [0, 0.1) is 11.8 Å². The van der Waals surface area contributed by atoms with Crippen LogP contribution in [0.15, 0.2) is 11.6 Å². The van der Waals surface area contributed by atoms with Crippen molar-refractivity contribution in [2.45, 2.75) is 111 Å². The molecule has 0 heterocycles. The lowest BCUT2D eigenvalue weighted by Gasteiger charge is -2.41. The average Bonchev–Trinajstić information content (AvgIpc) is 2.42. The molecule has 1 saturated carbocycles. The quantitative estimate of drug-likeness (QED) is 0.344. The molecule has 0 amide bonds. The smallest absolute Gasteiger partial charge is 0.192 e. The summed E-state index contributed by atoms with van der Waals surface area (Å²) >= 11 is 0. The maximum absolute atomic E-state index is 12.2. The molecule has 0 aromatic rings. The molecule has 1 rings (SSSR count). The van der Waals surface area contributed by atoms with Gasteiger partial charge in [0.25, 0.3) is 0 Å². The third kappa shape index (κ3) is 8.21. The van der Waals surface area contributed by atoms with Gasteiger partial charge in [0.2, 0.25) is 0 Å². The molecule has 3 heteroatoms. The first-order valence-electron chi connectivity index (χ1n) is 10.2. The van der Waals surface area contributed by atoms with E-state index in [-0.39, 0.29) is 11.1 Å². The highest BCUT2D eigenvalue weighted by molar-refractivity contribution is 6.74. The van der Waals surface area contributed by atoms with Gasteiger partial charge in [0.05, 0.1) is 6.10 Å². The molecule has 0 saturated heterocycles. The van der Waals surface area contributed by atoms with Crippen molar-refractivity contribution >= 4 is 14.1 Å². The van der Waals surface area contributed by atoms with Crippen molar-refractivity contribution < 1.29 is 9.22 Å². The first-order valence-corrected chi connectivity index (χ1v) is 13.1. The van der Waals surface area contributed by atoms with E-state index in [9.17, 15) is 4.79 Å². The van der Waals surface area contributed by atoms with Crippen molar-refractivity contribution in [2.24, 2.45) is 11.8 Å². The zero-order valence-corrected chi connectivity index (χ0v) is 19.1. The summed E-state index contributed by atoms with van der Waals surface area (Å²) in [5.74, 6) is 1.69. The molecular formula is C22H42O2Si. The largest absolute Gasteiger partial charge is 0.413 e. The monoisotopic (exact) mass is 366 g/mol. The van der Waals surface area contributed by atoms with E-state index in [4.69, 9.17) is 4.43 Å². The number of allylic oxidation sites excluding steroid dienone is 2. The predicted octanol–water partition coefficient (Wildman–Crippen LogP) is 6.91. The van der Waals surface area contributed by atoms with Gasteiger partial charge in [0.1, 0.15) is 5.78 Å². The Kier molecular flexibility index (Phi) is 8.60. The van der Waals surface area contributed by atoms with Gasteiger partial charge in [-0.05, 0) is 69.5 Å². The van der Waals surface area contributed by atoms with Gasteiger partial charge >= 0.3 is 0 Å². The molecule has 0 aromatic carbocycles. The van der Waals surface area contributed by atoms with Crippen molar-refractivity contribution in [1.29, 1.82) is 0 Å². The van der Waals surface area contributed by atoms with Gasteiger partial charge in [-0.3, -0.25) is 4.79 Å². The van der Waals surface area contributed by atoms with E-state index in [0.29, 0.717) is 18.1 Å². The molecule has 0 radical (unpaired) electrons. The SMILES string of the molecule is CC(C)=CCC[C@@H](C)CC[C@H]1CC(=O)C[C@@H](O[Si](C)(C)C(C)(C)C)C1.